The molecule has 0 aromatic rings. The summed E-state index contributed by atoms with van der Waals surface area (Å²) in [5, 5.41) is 0. The van der Waals surface area contributed by atoms with Crippen molar-refractivity contribution in [3.05, 3.63) is 0 Å². The van der Waals surface area contributed by atoms with Crippen LogP contribution in [0.1, 0.15) is 47.5 Å². The number of rotatable bonds is 2. The van der Waals surface area contributed by atoms with Crippen LogP contribution in [0.3, 0.4) is 0 Å². The number of fused-ring (bicyclic) bond motifs is 5. The third kappa shape index (κ3) is 2.87. The van der Waals surface area contributed by atoms with Crippen molar-refractivity contribution < 1.29 is 9.31 Å². The lowest BCUT2D eigenvalue weighted by atomic mass is 9.54. The van der Waals surface area contributed by atoms with Crippen LogP contribution >= 0.6 is 0 Å². The first-order valence-corrected chi connectivity index (χ1v) is 7.16. The molecule has 0 spiro atoms. The molecule has 2 heterocycles. The highest BCUT2D eigenvalue weighted by Crippen LogP contribution is 2.54. The third-order valence-corrected chi connectivity index (χ3v) is 4.82. The average Bonchev–Trinajstić information content (AvgIpc) is 2.30. The highest BCUT2D eigenvalue weighted by atomic mass is 16.6. The van der Waals surface area contributed by atoms with E-state index in [0.29, 0.717) is 17.4 Å². The molecule has 3 rings (SSSR count). The molecular weight excluding hydrogens is 211 g/mol. The van der Waals surface area contributed by atoms with Crippen molar-refractivity contribution in [3.63, 3.8) is 0 Å². The van der Waals surface area contributed by atoms with Crippen molar-refractivity contribution in [2.45, 2.75) is 59.9 Å². The molecule has 2 nitrogen and oxygen atoms in total. The van der Waals surface area contributed by atoms with E-state index in [9.17, 15) is 0 Å². The molecule has 2 saturated heterocycles. The SMILES string of the molecule is CC(C)CB1OC[C@H]2C[C@@H](C[C@@H](C)O1)C2(C)C. The minimum absolute atomic E-state index is 0.0140. The van der Waals surface area contributed by atoms with Gasteiger partial charge in [-0.05, 0) is 49.3 Å². The van der Waals surface area contributed by atoms with Crippen molar-refractivity contribution in [1.29, 1.82) is 0 Å². The van der Waals surface area contributed by atoms with Crippen molar-refractivity contribution in [1.82, 2.24) is 0 Å². The second-order valence-electron chi connectivity index (χ2n) is 7.03. The Morgan fingerprint density at radius 2 is 1.94 bits per heavy atom. The van der Waals surface area contributed by atoms with Gasteiger partial charge in [-0.15, -0.1) is 0 Å². The molecule has 3 atom stereocenters. The molecule has 0 unspecified atom stereocenters. The van der Waals surface area contributed by atoms with Crippen LogP contribution in [0.15, 0.2) is 0 Å². The van der Waals surface area contributed by atoms with Crippen LogP contribution in [0.25, 0.3) is 0 Å². The Kier molecular flexibility index (Phi) is 3.89. The fourth-order valence-corrected chi connectivity index (χ4v) is 3.29. The summed E-state index contributed by atoms with van der Waals surface area (Å²) in [4.78, 5) is 0. The summed E-state index contributed by atoms with van der Waals surface area (Å²) >= 11 is 0. The molecule has 1 aliphatic carbocycles. The summed E-state index contributed by atoms with van der Waals surface area (Å²) in [5.41, 5.74) is 0.449. The molecule has 2 aliphatic heterocycles. The lowest BCUT2D eigenvalue weighted by Crippen LogP contribution is -2.47. The molecule has 3 aliphatic rings. The van der Waals surface area contributed by atoms with Crippen LogP contribution < -0.4 is 0 Å². The zero-order chi connectivity index (χ0) is 12.6. The van der Waals surface area contributed by atoms with E-state index < -0.39 is 0 Å². The van der Waals surface area contributed by atoms with Crippen molar-refractivity contribution in [2.24, 2.45) is 23.2 Å². The van der Waals surface area contributed by atoms with Gasteiger partial charge < -0.3 is 9.31 Å². The molecule has 2 bridgehead atoms. The Balaban J connectivity index is 1.99. The highest BCUT2D eigenvalue weighted by Gasteiger charge is 2.49. The lowest BCUT2D eigenvalue weighted by molar-refractivity contribution is -0.0509. The molecular formula is C14H27BO2. The predicted molar refractivity (Wildman–Crippen MR) is 71.9 cm³/mol. The van der Waals surface area contributed by atoms with E-state index in [1.807, 2.05) is 0 Å². The molecule has 0 aromatic carbocycles. The Hall–Kier alpha value is -0.0151. The van der Waals surface area contributed by atoms with Crippen LogP contribution in [0.2, 0.25) is 6.32 Å². The van der Waals surface area contributed by atoms with Crippen LogP contribution in [0.4, 0.5) is 0 Å². The van der Waals surface area contributed by atoms with Crippen molar-refractivity contribution in [2.75, 3.05) is 6.61 Å². The van der Waals surface area contributed by atoms with Gasteiger partial charge in [-0.1, -0.05) is 27.7 Å². The van der Waals surface area contributed by atoms with E-state index >= 15 is 0 Å². The smallest absolute Gasteiger partial charge is 0.411 e. The summed E-state index contributed by atoms with van der Waals surface area (Å²) in [5.74, 6) is 2.19. The molecule has 1 saturated carbocycles. The Morgan fingerprint density at radius 1 is 1.24 bits per heavy atom. The van der Waals surface area contributed by atoms with Crippen molar-refractivity contribution >= 4 is 7.12 Å². The van der Waals surface area contributed by atoms with Gasteiger partial charge in [-0.25, -0.2) is 0 Å². The quantitative estimate of drug-likeness (QED) is 0.684. The second-order valence-corrected chi connectivity index (χ2v) is 7.03. The molecule has 3 heteroatoms. The van der Waals surface area contributed by atoms with Gasteiger partial charge in [-0.2, -0.15) is 0 Å². The van der Waals surface area contributed by atoms with Gasteiger partial charge in [0.25, 0.3) is 0 Å². The fourth-order valence-electron chi connectivity index (χ4n) is 3.29. The zero-order valence-corrected chi connectivity index (χ0v) is 12.0. The molecule has 0 N–H and O–H groups in total. The van der Waals surface area contributed by atoms with Gasteiger partial charge in [0.15, 0.2) is 0 Å². The van der Waals surface area contributed by atoms with Gasteiger partial charge in [0.05, 0.1) is 0 Å². The van der Waals surface area contributed by atoms with E-state index in [1.165, 1.54) is 12.8 Å². The maximum Gasteiger partial charge on any atom is 0.457 e. The third-order valence-electron chi connectivity index (χ3n) is 4.82. The summed E-state index contributed by atoms with van der Waals surface area (Å²) in [6, 6.07) is 0. The van der Waals surface area contributed by atoms with Gasteiger partial charge in [-0.3, -0.25) is 0 Å². The Morgan fingerprint density at radius 3 is 2.53 bits per heavy atom. The molecule has 0 amide bonds. The van der Waals surface area contributed by atoms with Crippen molar-refractivity contribution in [3.8, 4) is 0 Å². The second kappa shape index (κ2) is 4.93. The summed E-state index contributed by atoms with van der Waals surface area (Å²) in [6.45, 7) is 12.3. The maximum atomic E-state index is 6.05. The Labute approximate surface area is 107 Å². The Bertz CT molecular complexity index is 265. The molecule has 98 valence electrons. The topological polar surface area (TPSA) is 18.5 Å². The van der Waals surface area contributed by atoms with E-state index in [-0.39, 0.29) is 7.12 Å². The summed E-state index contributed by atoms with van der Waals surface area (Å²) in [6.07, 6.45) is 3.88. The molecule has 0 radical (unpaired) electrons. The normalized spacial score (nSPS) is 37.1. The van der Waals surface area contributed by atoms with Crippen LogP contribution in [-0.2, 0) is 9.31 Å². The molecule has 3 fully saturated rings. The van der Waals surface area contributed by atoms with E-state index in [4.69, 9.17) is 9.31 Å². The number of hydrogen-bond acceptors (Lipinski definition) is 2. The highest BCUT2D eigenvalue weighted by molar-refractivity contribution is 6.44. The first-order chi connectivity index (χ1) is 7.89. The van der Waals surface area contributed by atoms with E-state index in [2.05, 4.69) is 34.6 Å². The minimum atomic E-state index is 0.0140. The van der Waals surface area contributed by atoms with E-state index in [1.54, 1.807) is 0 Å². The first kappa shape index (κ1) is 13.4. The van der Waals surface area contributed by atoms with Crippen LogP contribution in [0.5, 0.6) is 0 Å². The zero-order valence-electron chi connectivity index (χ0n) is 12.0. The van der Waals surface area contributed by atoms with Gasteiger partial charge in [0, 0.05) is 12.7 Å². The first-order valence-electron chi connectivity index (χ1n) is 7.16. The molecule has 0 aromatic heterocycles. The lowest BCUT2D eigenvalue weighted by Gasteiger charge is -2.52. The standard InChI is InChI=1S/C14H27BO2/c1-10(2)8-15-16-9-13-7-12(14(13,4)5)6-11(3)17-15/h10-13H,6-9H2,1-5H3/t11-,12-,13-/m1/s1. The number of hydrogen-bond donors (Lipinski definition) is 0. The van der Waals surface area contributed by atoms with E-state index in [0.717, 1.165) is 24.8 Å². The van der Waals surface area contributed by atoms with Gasteiger partial charge in [0.2, 0.25) is 0 Å². The van der Waals surface area contributed by atoms with Gasteiger partial charge >= 0.3 is 7.12 Å². The van der Waals surface area contributed by atoms with Crippen LogP contribution in [-0.4, -0.2) is 19.8 Å². The summed E-state index contributed by atoms with van der Waals surface area (Å²) < 4.78 is 12.1. The predicted octanol–water partition coefficient (Wildman–Crippen LogP) is 3.62. The molecule has 17 heavy (non-hydrogen) atoms. The van der Waals surface area contributed by atoms with Gasteiger partial charge in [0.1, 0.15) is 0 Å². The monoisotopic (exact) mass is 238 g/mol. The average molecular weight is 238 g/mol. The summed E-state index contributed by atoms with van der Waals surface area (Å²) in [7, 11) is 0.0140. The minimum Gasteiger partial charge on any atom is -0.411 e. The van der Waals surface area contributed by atoms with Crippen LogP contribution in [0, 0.1) is 23.2 Å². The largest absolute Gasteiger partial charge is 0.457 e. The fraction of sp³-hybridized carbons (Fsp3) is 1.00. The maximum absolute atomic E-state index is 6.05.